The first-order valence-electron chi connectivity index (χ1n) is 6.32. The Bertz CT molecular complexity index is 334. The monoisotopic (exact) mass is 325 g/mol. The van der Waals surface area contributed by atoms with Gasteiger partial charge >= 0.3 is 109 Å². The van der Waals surface area contributed by atoms with E-state index in [0.717, 1.165) is 12.8 Å². The summed E-state index contributed by atoms with van der Waals surface area (Å²) in [6, 6.07) is 6.37. The Kier molecular flexibility index (Phi) is 6.93. The van der Waals surface area contributed by atoms with Gasteiger partial charge in [0.25, 0.3) is 0 Å². The SMILES string of the molecule is CCCCc1ccc[c]([Sn]=[O])c1CCCC. The van der Waals surface area contributed by atoms with Gasteiger partial charge in [0.05, 0.1) is 0 Å². The summed E-state index contributed by atoms with van der Waals surface area (Å²) >= 11 is -1.53. The van der Waals surface area contributed by atoms with Gasteiger partial charge in [-0.3, -0.25) is 0 Å². The summed E-state index contributed by atoms with van der Waals surface area (Å²) in [5, 5.41) is 0. The second-order valence-corrected chi connectivity index (χ2v) is 6.37. The predicted molar refractivity (Wildman–Crippen MR) is 69.7 cm³/mol. The molecule has 0 bridgehead atoms. The van der Waals surface area contributed by atoms with Crippen molar-refractivity contribution >= 4 is 24.7 Å². The van der Waals surface area contributed by atoms with E-state index < -0.39 is 21.1 Å². The van der Waals surface area contributed by atoms with Crippen LogP contribution in [-0.4, -0.2) is 21.1 Å². The molecule has 1 aromatic rings. The molecule has 0 aliphatic heterocycles. The van der Waals surface area contributed by atoms with Crippen molar-refractivity contribution in [3.8, 4) is 0 Å². The third kappa shape index (κ3) is 4.00. The molecule has 0 unspecified atom stereocenters. The van der Waals surface area contributed by atoms with E-state index >= 15 is 0 Å². The Balaban J connectivity index is 2.90. The zero-order valence-corrected chi connectivity index (χ0v) is 13.2. The summed E-state index contributed by atoms with van der Waals surface area (Å²) in [7, 11) is 0. The van der Waals surface area contributed by atoms with Gasteiger partial charge in [0.15, 0.2) is 0 Å². The van der Waals surface area contributed by atoms with Gasteiger partial charge in [-0.25, -0.2) is 0 Å². The van der Waals surface area contributed by atoms with Crippen LogP contribution < -0.4 is 3.58 Å². The van der Waals surface area contributed by atoms with Crippen LogP contribution >= 0.6 is 0 Å². The molecule has 16 heavy (non-hydrogen) atoms. The quantitative estimate of drug-likeness (QED) is 0.705. The molecule has 0 amide bonds. The van der Waals surface area contributed by atoms with Gasteiger partial charge in [-0.1, -0.05) is 0 Å². The average Bonchev–Trinajstić information content (AvgIpc) is 2.33. The fourth-order valence-electron chi connectivity index (χ4n) is 1.98. The topological polar surface area (TPSA) is 17.1 Å². The maximum atomic E-state index is 11.3. The normalized spacial score (nSPS) is 10.4. The summed E-state index contributed by atoms with van der Waals surface area (Å²) in [6.45, 7) is 4.44. The summed E-state index contributed by atoms with van der Waals surface area (Å²) < 4.78 is 12.5. The van der Waals surface area contributed by atoms with E-state index in [2.05, 4.69) is 32.0 Å². The molecule has 1 radical (unpaired) electrons. The van der Waals surface area contributed by atoms with Gasteiger partial charge in [0, 0.05) is 0 Å². The first-order valence-corrected chi connectivity index (χ1v) is 8.91. The fourth-order valence-corrected chi connectivity index (χ4v) is 3.62. The first kappa shape index (κ1) is 13.9. The Morgan fingerprint density at radius 1 is 1.06 bits per heavy atom. The third-order valence-corrected chi connectivity index (χ3v) is 4.93. The van der Waals surface area contributed by atoms with Crippen LogP contribution in [0, 0.1) is 0 Å². The van der Waals surface area contributed by atoms with Crippen molar-refractivity contribution < 1.29 is 3.08 Å². The zero-order chi connectivity index (χ0) is 11.8. The molecule has 1 aromatic carbocycles. The zero-order valence-electron chi connectivity index (χ0n) is 10.4. The van der Waals surface area contributed by atoms with Crippen LogP contribution in [0.2, 0.25) is 0 Å². The van der Waals surface area contributed by atoms with Crippen LogP contribution in [0.4, 0.5) is 0 Å². The first-order chi connectivity index (χ1) is 7.83. The molecule has 1 nitrogen and oxygen atoms in total. The minimum absolute atomic E-state index is 1.12. The van der Waals surface area contributed by atoms with Crippen LogP contribution in [-0.2, 0) is 15.9 Å². The Hall–Kier alpha value is -0.181. The number of rotatable bonds is 7. The van der Waals surface area contributed by atoms with Crippen molar-refractivity contribution in [1.29, 1.82) is 0 Å². The van der Waals surface area contributed by atoms with E-state index in [4.69, 9.17) is 0 Å². The van der Waals surface area contributed by atoms with E-state index in [9.17, 15) is 3.08 Å². The summed E-state index contributed by atoms with van der Waals surface area (Å²) in [5.74, 6) is 0. The summed E-state index contributed by atoms with van der Waals surface area (Å²) in [4.78, 5) is 0. The van der Waals surface area contributed by atoms with Gasteiger partial charge in [0.1, 0.15) is 0 Å². The number of hydrogen-bond acceptors (Lipinski definition) is 1. The van der Waals surface area contributed by atoms with E-state index in [1.54, 1.807) is 0 Å². The predicted octanol–water partition coefficient (Wildman–Crippen LogP) is 3.05. The van der Waals surface area contributed by atoms with Crippen LogP contribution in [0.15, 0.2) is 18.2 Å². The second-order valence-electron chi connectivity index (χ2n) is 4.25. The van der Waals surface area contributed by atoms with Gasteiger partial charge in [-0.2, -0.15) is 0 Å². The number of benzene rings is 1. The second kappa shape index (κ2) is 7.99. The van der Waals surface area contributed by atoms with Gasteiger partial charge in [-0.05, 0) is 0 Å². The standard InChI is InChI=1S/C14H21.O.Sn/c1-3-5-9-13-11-7-8-12-14(13)10-6-4-2;;/h7-8,11H,3-6,9-10H2,1-2H3;;. The average molecular weight is 324 g/mol. The van der Waals surface area contributed by atoms with Crippen molar-refractivity contribution in [1.82, 2.24) is 0 Å². The molecule has 0 aliphatic carbocycles. The molecule has 87 valence electrons. The molecule has 0 aliphatic rings. The molecular formula is C14H21OSn. The fraction of sp³-hybridized carbons (Fsp3) is 0.571. The molecule has 0 saturated heterocycles. The van der Waals surface area contributed by atoms with Crippen molar-refractivity contribution in [2.75, 3.05) is 0 Å². The molecule has 0 fully saturated rings. The van der Waals surface area contributed by atoms with Crippen molar-refractivity contribution in [3.63, 3.8) is 0 Å². The van der Waals surface area contributed by atoms with Crippen LogP contribution in [0.25, 0.3) is 0 Å². The van der Waals surface area contributed by atoms with E-state index in [0.29, 0.717) is 0 Å². The van der Waals surface area contributed by atoms with Crippen LogP contribution in [0.3, 0.4) is 0 Å². The van der Waals surface area contributed by atoms with Crippen molar-refractivity contribution in [3.05, 3.63) is 29.3 Å². The van der Waals surface area contributed by atoms with E-state index in [1.165, 1.54) is 40.4 Å². The van der Waals surface area contributed by atoms with Crippen LogP contribution in [0.1, 0.15) is 50.7 Å². The molecule has 0 heterocycles. The van der Waals surface area contributed by atoms with E-state index in [-0.39, 0.29) is 0 Å². The number of hydrogen-bond donors (Lipinski definition) is 0. The Labute approximate surface area is 109 Å². The number of unbranched alkanes of at least 4 members (excludes halogenated alkanes) is 2. The van der Waals surface area contributed by atoms with E-state index in [1.807, 2.05) is 0 Å². The molecule has 1 rings (SSSR count). The van der Waals surface area contributed by atoms with Crippen molar-refractivity contribution in [2.45, 2.75) is 52.4 Å². The van der Waals surface area contributed by atoms with Crippen molar-refractivity contribution in [2.24, 2.45) is 0 Å². The molecule has 0 aromatic heterocycles. The third-order valence-electron chi connectivity index (χ3n) is 2.96. The van der Waals surface area contributed by atoms with Crippen LogP contribution in [0.5, 0.6) is 0 Å². The van der Waals surface area contributed by atoms with Gasteiger partial charge in [-0.15, -0.1) is 0 Å². The molecule has 0 saturated carbocycles. The molecular weight excluding hydrogens is 303 g/mol. The summed E-state index contributed by atoms with van der Waals surface area (Å²) in [5.41, 5.74) is 2.86. The molecule has 0 atom stereocenters. The molecule has 2 heteroatoms. The molecule has 0 N–H and O–H groups in total. The van der Waals surface area contributed by atoms with Gasteiger partial charge < -0.3 is 0 Å². The van der Waals surface area contributed by atoms with Gasteiger partial charge in [0.2, 0.25) is 0 Å². The Morgan fingerprint density at radius 2 is 1.75 bits per heavy atom. The maximum absolute atomic E-state index is 11.3. The molecule has 0 spiro atoms. The minimum atomic E-state index is -1.53. The summed E-state index contributed by atoms with van der Waals surface area (Å²) in [6.07, 6.45) is 7.18. The Morgan fingerprint density at radius 3 is 2.38 bits per heavy atom. The number of aryl methyl sites for hydroxylation is 1.